The topological polar surface area (TPSA) is 46.2 Å². The summed E-state index contributed by atoms with van der Waals surface area (Å²) in [5.74, 6) is -0.247. The number of aliphatic hydroxyl groups is 1. The third-order valence-electron chi connectivity index (χ3n) is 2.32. The van der Waals surface area contributed by atoms with Gasteiger partial charge in [-0.2, -0.15) is 0 Å². The van der Waals surface area contributed by atoms with Crippen LogP contribution in [0.3, 0.4) is 0 Å². The molecule has 0 aliphatic carbocycles. The molecule has 0 fully saturated rings. The molecule has 15 heavy (non-hydrogen) atoms. The van der Waals surface area contributed by atoms with Gasteiger partial charge >= 0.3 is 0 Å². The van der Waals surface area contributed by atoms with E-state index < -0.39 is 0 Å². The molecule has 2 nitrogen and oxygen atoms in total. The predicted molar refractivity (Wildman–Crippen MR) is 62.1 cm³/mol. The molecule has 0 bridgehead atoms. The van der Waals surface area contributed by atoms with Crippen LogP contribution in [0.5, 0.6) is 0 Å². The van der Waals surface area contributed by atoms with E-state index in [2.05, 4.69) is 15.9 Å². The highest BCUT2D eigenvalue weighted by atomic mass is 79.9. The van der Waals surface area contributed by atoms with Gasteiger partial charge in [0.15, 0.2) is 0 Å². The van der Waals surface area contributed by atoms with Crippen LogP contribution in [-0.4, -0.2) is 11.7 Å². The lowest BCUT2D eigenvalue weighted by atomic mass is 10.0. The zero-order valence-corrected chi connectivity index (χ0v) is 10.2. The van der Waals surface area contributed by atoms with Crippen molar-refractivity contribution in [3.8, 4) is 0 Å². The molecule has 0 aromatic heterocycles. The molecule has 0 radical (unpaired) electrons. The standard InChI is InChI=1S/C11H15BrFNO/c1-7-5-8(12)6-9(11(7)13)10(14)3-2-4-15/h5-6,10,15H,2-4,14H2,1H3/t10-/m1/s1. The molecule has 0 saturated heterocycles. The number of benzene rings is 1. The second-order valence-electron chi connectivity index (χ2n) is 3.60. The van der Waals surface area contributed by atoms with Crippen molar-refractivity contribution in [2.45, 2.75) is 25.8 Å². The van der Waals surface area contributed by atoms with Crippen LogP contribution in [0.25, 0.3) is 0 Å². The van der Waals surface area contributed by atoms with Gasteiger partial charge in [0, 0.05) is 22.7 Å². The van der Waals surface area contributed by atoms with Gasteiger partial charge in [0.05, 0.1) is 0 Å². The van der Waals surface area contributed by atoms with E-state index in [9.17, 15) is 4.39 Å². The molecule has 84 valence electrons. The van der Waals surface area contributed by atoms with Crippen LogP contribution in [0, 0.1) is 12.7 Å². The maximum absolute atomic E-state index is 13.7. The summed E-state index contributed by atoms with van der Waals surface area (Å²) in [4.78, 5) is 0. The van der Waals surface area contributed by atoms with Gasteiger partial charge in [-0.3, -0.25) is 0 Å². The molecule has 1 aromatic rings. The predicted octanol–water partition coefficient (Wildman–Crippen LogP) is 2.67. The van der Waals surface area contributed by atoms with E-state index >= 15 is 0 Å². The molecule has 1 rings (SSSR count). The fourth-order valence-corrected chi connectivity index (χ4v) is 2.08. The fourth-order valence-electron chi connectivity index (χ4n) is 1.49. The van der Waals surface area contributed by atoms with Crippen molar-refractivity contribution in [1.82, 2.24) is 0 Å². The average Bonchev–Trinajstić information content (AvgIpc) is 2.19. The van der Waals surface area contributed by atoms with Crippen LogP contribution in [0.2, 0.25) is 0 Å². The van der Waals surface area contributed by atoms with Crippen LogP contribution in [0.4, 0.5) is 4.39 Å². The Kier molecular flexibility index (Phi) is 4.70. The lowest BCUT2D eigenvalue weighted by Gasteiger charge is -2.14. The highest BCUT2D eigenvalue weighted by molar-refractivity contribution is 9.10. The van der Waals surface area contributed by atoms with E-state index in [-0.39, 0.29) is 18.5 Å². The molecular weight excluding hydrogens is 261 g/mol. The van der Waals surface area contributed by atoms with Gasteiger partial charge < -0.3 is 10.8 Å². The van der Waals surface area contributed by atoms with Gasteiger partial charge in [-0.1, -0.05) is 15.9 Å². The molecule has 0 unspecified atom stereocenters. The van der Waals surface area contributed by atoms with Gasteiger partial charge in [0.1, 0.15) is 5.82 Å². The summed E-state index contributed by atoms with van der Waals surface area (Å²) in [5.41, 5.74) is 6.94. The monoisotopic (exact) mass is 275 g/mol. The maximum Gasteiger partial charge on any atom is 0.130 e. The second kappa shape index (κ2) is 5.58. The zero-order valence-electron chi connectivity index (χ0n) is 8.63. The third kappa shape index (κ3) is 3.26. The Bertz CT molecular complexity index is 344. The van der Waals surface area contributed by atoms with Gasteiger partial charge in [-0.25, -0.2) is 4.39 Å². The Hall–Kier alpha value is -0.450. The molecule has 4 heteroatoms. The first-order valence-electron chi connectivity index (χ1n) is 4.88. The second-order valence-corrected chi connectivity index (χ2v) is 4.51. The molecule has 0 aliphatic rings. The molecule has 3 N–H and O–H groups in total. The molecule has 0 spiro atoms. The largest absolute Gasteiger partial charge is 0.396 e. The number of hydrogen-bond donors (Lipinski definition) is 2. The van der Waals surface area contributed by atoms with Crippen LogP contribution < -0.4 is 5.73 Å². The summed E-state index contributed by atoms with van der Waals surface area (Å²) >= 11 is 3.31. The SMILES string of the molecule is Cc1cc(Br)cc([C@H](N)CCCO)c1F. The molecule has 0 saturated carbocycles. The quantitative estimate of drug-likeness (QED) is 0.888. The first kappa shape index (κ1) is 12.6. The van der Waals surface area contributed by atoms with Crippen LogP contribution >= 0.6 is 15.9 Å². The minimum Gasteiger partial charge on any atom is -0.396 e. The normalized spacial score (nSPS) is 12.9. The van der Waals surface area contributed by atoms with Crippen molar-refractivity contribution in [2.24, 2.45) is 5.73 Å². The van der Waals surface area contributed by atoms with Gasteiger partial charge in [0.2, 0.25) is 0 Å². The highest BCUT2D eigenvalue weighted by Gasteiger charge is 2.13. The summed E-state index contributed by atoms with van der Waals surface area (Å²) in [6.07, 6.45) is 1.18. The smallest absolute Gasteiger partial charge is 0.130 e. The van der Waals surface area contributed by atoms with Crippen molar-refractivity contribution in [3.05, 3.63) is 33.5 Å². The minimum atomic E-state index is -0.353. The zero-order chi connectivity index (χ0) is 11.4. The van der Waals surface area contributed by atoms with Crippen molar-refractivity contribution >= 4 is 15.9 Å². The van der Waals surface area contributed by atoms with E-state index in [0.29, 0.717) is 24.0 Å². The fraction of sp³-hybridized carbons (Fsp3) is 0.455. The van der Waals surface area contributed by atoms with Crippen LogP contribution in [0.15, 0.2) is 16.6 Å². The number of nitrogens with two attached hydrogens (primary N) is 1. The number of halogens is 2. The van der Waals surface area contributed by atoms with Crippen molar-refractivity contribution in [1.29, 1.82) is 0 Å². The molecule has 0 aliphatic heterocycles. The molecular formula is C11H15BrFNO. The van der Waals surface area contributed by atoms with Gasteiger partial charge in [-0.15, -0.1) is 0 Å². The number of hydrogen-bond acceptors (Lipinski definition) is 2. The molecule has 0 amide bonds. The van der Waals surface area contributed by atoms with E-state index in [1.165, 1.54) is 0 Å². The van der Waals surface area contributed by atoms with E-state index in [1.807, 2.05) is 0 Å². The van der Waals surface area contributed by atoms with E-state index in [4.69, 9.17) is 10.8 Å². The van der Waals surface area contributed by atoms with E-state index in [1.54, 1.807) is 19.1 Å². The number of rotatable bonds is 4. The Morgan fingerprint density at radius 3 is 2.80 bits per heavy atom. The van der Waals surface area contributed by atoms with Gasteiger partial charge in [-0.05, 0) is 37.5 Å². The van der Waals surface area contributed by atoms with Crippen molar-refractivity contribution in [2.75, 3.05) is 6.61 Å². The Morgan fingerprint density at radius 1 is 1.53 bits per heavy atom. The first-order valence-corrected chi connectivity index (χ1v) is 5.67. The van der Waals surface area contributed by atoms with E-state index in [0.717, 1.165) is 4.47 Å². The number of aryl methyl sites for hydroxylation is 1. The summed E-state index contributed by atoms with van der Waals surface area (Å²) in [5, 5.41) is 8.68. The van der Waals surface area contributed by atoms with Crippen molar-refractivity contribution < 1.29 is 9.50 Å². The molecule has 0 heterocycles. The third-order valence-corrected chi connectivity index (χ3v) is 2.78. The summed E-state index contributed by atoms with van der Waals surface area (Å²) in [7, 11) is 0. The van der Waals surface area contributed by atoms with Crippen LogP contribution in [-0.2, 0) is 0 Å². The summed E-state index contributed by atoms with van der Waals surface area (Å²) < 4.78 is 14.5. The molecule has 1 atom stereocenters. The lowest BCUT2D eigenvalue weighted by Crippen LogP contribution is -2.13. The Morgan fingerprint density at radius 2 is 2.20 bits per heavy atom. The highest BCUT2D eigenvalue weighted by Crippen LogP contribution is 2.25. The Balaban J connectivity index is 2.92. The molecule has 1 aromatic carbocycles. The Labute approximate surface area is 97.4 Å². The average molecular weight is 276 g/mol. The van der Waals surface area contributed by atoms with Crippen molar-refractivity contribution in [3.63, 3.8) is 0 Å². The summed E-state index contributed by atoms with van der Waals surface area (Å²) in [6, 6.07) is 3.07. The van der Waals surface area contributed by atoms with Gasteiger partial charge in [0.25, 0.3) is 0 Å². The first-order chi connectivity index (χ1) is 7.06. The maximum atomic E-state index is 13.7. The summed E-state index contributed by atoms with van der Waals surface area (Å²) in [6.45, 7) is 1.80. The lowest BCUT2D eigenvalue weighted by molar-refractivity contribution is 0.279. The minimum absolute atomic E-state index is 0.0856. The number of aliphatic hydroxyl groups excluding tert-OH is 1. The van der Waals surface area contributed by atoms with Crippen LogP contribution in [0.1, 0.15) is 30.0 Å².